The summed E-state index contributed by atoms with van der Waals surface area (Å²) in [5.41, 5.74) is 4.44. The minimum absolute atomic E-state index is 0. The smallest absolute Gasteiger partial charge is 0.137 e. The third kappa shape index (κ3) is 3.45. The molecule has 3 aromatic rings. The van der Waals surface area contributed by atoms with Crippen LogP contribution in [-0.2, 0) is 6.54 Å². The number of fused-ring (bicyclic) bond motifs is 3. The van der Waals surface area contributed by atoms with E-state index in [0.717, 1.165) is 41.6 Å². The van der Waals surface area contributed by atoms with Crippen LogP contribution in [0.1, 0.15) is 12.1 Å². The molecule has 3 aliphatic heterocycles. The van der Waals surface area contributed by atoms with Crippen LogP contribution in [-0.4, -0.2) is 39.5 Å². The van der Waals surface area contributed by atoms with Crippen LogP contribution in [0.15, 0.2) is 48.7 Å². The molecule has 6 rings (SSSR count). The quantitative estimate of drug-likeness (QED) is 0.706. The zero-order valence-corrected chi connectivity index (χ0v) is 16.5. The second kappa shape index (κ2) is 7.75. The molecule has 3 saturated heterocycles. The van der Waals surface area contributed by atoms with Crippen molar-refractivity contribution in [3.05, 3.63) is 59.4 Å². The van der Waals surface area contributed by atoms with Crippen LogP contribution in [0.5, 0.6) is 0 Å². The highest BCUT2D eigenvalue weighted by molar-refractivity contribution is 6.30. The first kappa shape index (κ1) is 19.5. The van der Waals surface area contributed by atoms with Crippen LogP contribution >= 0.6 is 36.4 Å². The summed E-state index contributed by atoms with van der Waals surface area (Å²) >= 11 is 6.05. The van der Waals surface area contributed by atoms with E-state index in [1.807, 2.05) is 18.2 Å². The molecule has 26 heavy (non-hydrogen) atoms. The molecule has 4 nitrogen and oxygen atoms in total. The fourth-order valence-electron chi connectivity index (χ4n) is 3.98. The van der Waals surface area contributed by atoms with E-state index >= 15 is 0 Å². The second-order valence-electron chi connectivity index (χ2n) is 6.83. The monoisotopic (exact) mass is 410 g/mol. The number of hydrogen-bond donors (Lipinski definition) is 1. The van der Waals surface area contributed by atoms with E-state index in [2.05, 4.69) is 45.1 Å². The lowest BCUT2D eigenvalue weighted by Gasteiger charge is -2.48. The van der Waals surface area contributed by atoms with E-state index in [9.17, 15) is 0 Å². The minimum atomic E-state index is 0. The summed E-state index contributed by atoms with van der Waals surface area (Å²) in [6.45, 7) is 3.17. The number of hydrogen-bond acceptors (Lipinski definition) is 3. The highest BCUT2D eigenvalue weighted by Gasteiger charge is 2.36. The van der Waals surface area contributed by atoms with Crippen molar-refractivity contribution in [2.75, 3.05) is 13.1 Å². The molecule has 138 valence electrons. The molecule has 7 heteroatoms. The molecule has 1 aromatic carbocycles. The predicted molar refractivity (Wildman–Crippen MR) is 111 cm³/mol. The van der Waals surface area contributed by atoms with Gasteiger partial charge in [-0.2, -0.15) is 0 Å². The van der Waals surface area contributed by atoms with Gasteiger partial charge in [0.15, 0.2) is 0 Å². The largest absolute Gasteiger partial charge is 0.309 e. The summed E-state index contributed by atoms with van der Waals surface area (Å²) in [6.07, 6.45) is 3.44. The maximum absolute atomic E-state index is 6.05. The van der Waals surface area contributed by atoms with Crippen molar-refractivity contribution in [2.24, 2.45) is 0 Å². The lowest BCUT2D eigenvalue weighted by atomic mass is 9.91. The third-order valence-electron chi connectivity index (χ3n) is 5.12. The van der Waals surface area contributed by atoms with Gasteiger partial charge >= 0.3 is 0 Å². The van der Waals surface area contributed by atoms with E-state index in [0.29, 0.717) is 12.1 Å². The predicted octanol–water partition coefficient (Wildman–Crippen LogP) is 4.04. The molecular formula is C19H21Cl3N4. The van der Waals surface area contributed by atoms with Crippen molar-refractivity contribution in [1.29, 1.82) is 0 Å². The van der Waals surface area contributed by atoms with Crippen molar-refractivity contribution in [3.8, 4) is 11.3 Å². The zero-order chi connectivity index (χ0) is 16.1. The van der Waals surface area contributed by atoms with Crippen molar-refractivity contribution < 1.29 is 0 Å². The summed E-state index contributed by atoms with van der Waals surface area (Å²) in [7, 11) is 0. The number of nitrogens with zero attached hydrogens (tertiary/aromatic N) is 3. The van der Waals surface area contributed by atoms with Crippen LogP contribution < -0.4 is 5.32 Å². The maximum atomic E-state index is 6.05. The van der Waals surface area contributed by atoms with Crippen LogP contribution in [0.2, 0.25) is 5.02 Å². The van der Waals surface area contributed by atoms with E-state index in [-0.39, 0.29) is 24.8 Å². The van der Waals surface area contributed by atoms with Crippen molar-refractivity contribution in [2.45, 2.75) is 25.0 Å². The van der Waals surface area contributed by atoms with Crippen molar-refractivity contribution in [3.63, 3.8) is 0 Å². The Balaban J connectivity index is 0.000000980. The summed E-state index contributed by atoms with van der Waals surface area (Å²) in [6, 6.07) is 15.5. The zero-order valence-electron chi connectivity index (χ0n) is 14.1. The van der Waals surface area contributed by atoms with Gasteiger partial charge in [0.25, 0.3) is 0 Å². The Morgan fingerprint density at radius 3 is 2.42 bits per heavy atom. The fraction of sp³-hybridized carbons (Fsp3) is 0.316. The van der Waals surface area contributed by atoms with Crippen LogP contribution in [0.3, 0.4) is 0 Å². The molecule has 5 heterocycles. The van der Waals surface area contributed by atoms with Gasteiger partial charge in [-0.15, -0.1) is 24.8 Å². The summed E-state index contributed by atoms with van der Waals surface area (Å²) in [5, 5.41) is 4.36. The molecule has 0 spiro atoms. The van der Waals surface area contributed by atoms with Gasteiger partial charge in [0, 0.05) is 48.5 Å². The van der Waals surface area contributed by atoms with Crippen LogP contribution in [0.25, 0.3) is 16.9 Å². The molecule has 3 fully saturated rings. The number of pyridine rings is 1. The Morgan fingerprint density at radius 2 is 1.73 bits per heavy atom. The summed E-state index contributed by atoms with van der Waals surface area (Å²) in [4.78, 5) is 7.43. The molecule has 1 N–H and O–H groups in total. The highest BCUT2D eigenvalue weighted by Crippen LogP contribution is 2.29. The molecule has 2 bridgehead atoms. The van der Waals surface area contributed by atoms with Gasteiger partial charge < -0.3 is 9.72 Å². The van der Waals surface area contributed by atoms with Gasteiger partial charge in [-0.3, -0.25) is 4.90 Å². The average Bonchev–Trinajstić information content (AvgIpc) is 2.94. The van der Waals surface area contributed by atoms with Gasteiger partial charge in [0.2, 0.25) is 0 Å². The van der Waals surface area contributed by atoms with E-state index < -0.39 is 0 Å². The van der Waals surface area contributed by atoms with E-state index in [1.165, 1.54) is 12.1 Å². The highest BCUT2D eigenvalue weighted by atomic mass is 35.5. The standard InChI is InChI=1S/C19H19ClN4.2ClH/c20-14-6-4-13(5-7-14)19-17(24-8-2-1-3-18(24)22-19)12-23-10-15-9-16(11-23)21-15;;/h1-8,15-16,21H,9-12H2;2*1H. The molecule has 3 aliphatic rings. The van der Waals surface area contributed by atoms with Gasteiger partial charge in [0.1, 0.15) is 5.65 Å². The molecule has 2 atom stereocenters. The molecule has 2 unspecified atom stereocenters. The first-order valence-corrected chi connectivity index (χ1v) is 8.84. The van der Waals surface area contributed by atoms with Crippen molar-refractivity contribution in [1.82, 2.24) is 19.6 Å². The lowest BCUT2D eigenvalue weighted by molar-refractivity contribution is 0.0716. The Bertz CT molecular complexity index is 877. The number of imidazole rings is 1. The Labute approximate surface area is 170 Å². The number of nitrogens with one attached hydrogen (secondary N) is 1. The normalized spacial score (nSPS) is 21.6. The summed E-state index contributed by atoms with van der Waals surface area (Å²) < 4.78 is 2.22. The molecular weight excluding hydrogens is 391 g/mol. The number of benzene rings is 1. The molecule has 0 saturated carbocycles. The molecule has 2 aromatic heterocycles. The van der Waals surface area contributed by atoms with Crippen LogP contribution in [0.4, 0.5) is 0 Å². The fourth-order valence-corrected chi connectivity index (χ4v) is 4.11. The van der Waals surface area contributed by atoms with E-state index in [1.54, 1.807) is 0 Å². The number of piperidine rings is 1. The number of piperazine rings is 1. The average molecular weight is 412 g/mol. The van der Waals surface area contributed by atoms with Gasteiger partial charge in [-0.05, 0) is 30.7 Å². The molecule has 0 radical (unpaired) electrons. The first-order chi connectivity index (χ1) is 11.8. The maximum Gasteiger partial charge on any atom is 0.137 e. The number of rotatable bonds is 3. The summed E-state index contributed by atoms with van der Waals surface area (Å²) in [5.74, 6) is 0. The molecule has 0 aliphatic carbocycles. The third-order valence-corrected chi connectivity index (χ3v) is 5.37. The Kier molecular flexibility index (Phi) is 5.80. The Hall–Kier alpha value is -1.30. The topological polar surface area (TPSA) is 32.6 Å². The van der Waals surface area contributed by atoms with Crippen LogP contribution in [0, 0.1) is 0 Å². The van der Waals surface area contributed by atoms with Gasteiger partial charge in [-0.1, -0.05) is 29.8 Å². The molecule has 0 amide bonds. The lowest BCUT2D eigenvalue weighted by Crippen LogP contribution is -2.66. The SMILES string of the molecule is Cl.Cl.Clc1ccc(-c2nc3ccccn3c2CN2CC3CC(C2)N3)cc1. The Morgan fingerprint density at radius 1 is 1.04 bits per heavy atom. The van der Waals surface area contributed by atoms with E-state index in [4.69, 9.17) is 16.6 Å². The van der Waals surface area contributed by atoms with Crippen molar-refractivity contribution >= 4 is 42.1 Å². The number of halogens is 3. The number of aromatic nitrogens is 2. The van der Waals surface area contributed by atoms with Gasteiger partial charge in [-0.25, -0.2) is 4.98 Å². The van der Waals surface area contributed by atoms with Gasteiger partial charge in [0.05, 0.1) is 11.4 Å². The second-order valence-corrected chi connectivity index (χ2v) is 7.27. The minimum Gasteiger partial charge on any atom is -0.309 e. The first-order valence-electron chi connectivity index (χ1n) is 8.46.